The molecule has 3 aromatic carbocycles. The SMILES string of the molecule is Cc1ccc(NC(=O)COC(=O)[C@H](C)N2C(=O)[C@@H]3C4c5ccccc5C(c5ccccc54)[C@H]3C2=O)c(C)c1. The zero-order valence-electron chi connectivity index (χ0n) is 21.4. The summed E-state index contributed by atoms with van der Waals surface area (Å²) in [5.74, 6) is -3.62. The Balaban J connectivity index is 1.21. The van der Waals surface area contributed by atoms with Crippen LogP contribution in [-0.4, -0.2) is 41.2 Å². The van der Waals surface area contributed by atoms with Crippen LogP contribution in [-0.2, 0) is 23.9 Å². The minimum Gasteiger partial charge on any atom is -0.454 e. The summed E-state index contributed by atoms with van der Waals surface area (Å²) in [5, 5.41) is 2.74. The van der Waals surface area contributed by atoms with E-state index in [2.05, 4.69) is 5.32 Å². The summed E-state index contributed by atoms with van der Waals surface area (Å²) < 4.78 is 5.26. The third kappa shape index (κ3) is 3.56. The van der Waals surface area contributed by atoms with E-state index < -0.39 is 36.4 Å². The smallest absolute Gasteiger partial charge is 0.329 e. The van der Waals surface area contributed by atoms with E-state index in [0.29, 0.717) is 5.69 Å². The quantitative estimate of drug-likeness (QED) is 0.414. The molecule has 38 heavy (non-hydrogen) atoms. The van der Waals surface area contributed by atoms with Gasteiger partial charge < -0.3 is 10.1 Å². The van der Waals surface area contributed by atoms with Crippen LogP contribution in [0.15, 0.2) is 66.7 Å². The molecule has 3 amide bonds. The summed E-state index contributed by atoms with van der Waals surface area (Å²) in [6.45, 7) is 4.81. The summed E-state index contributed by atoms with van der Waals surface area (Å²) in [4.78, 5) is 54.0. The first-order chi connectivity index (χ1) is 18.3. The summed E-state index contributed by atoms with van der Waals surface area (Å²) in [6, 6.07) is 20.4. The second kappa shape index (κ2) is 8.94. The molecule has 1 fully saturated rings. The fourth-order valence-electron chi connectivity index (χ4n) is 6.58. The fraction of sp³-hybridized carbons (Fsp3) is 0.290. The molecule has 7 heteroatoms. The van der Waals surface area contributed by atoms with E-state index in [-0.39, 0.29) is 23.7 Å². The van der Waals surface area contributed by atoms with Crippen LogP contribution in [0.3, 0.4) is 0 Å². The van der Waals surface area contributed by atoms with Crippen LogP contribution in [0.4, 0.5) is 5.69 Å². The van der Waals surface area contributed by atoms with Crippen molar-refractivity contribution >= 4 is 29.4 Å². The number of nitrogens with one attached hydrogen (secondary N) is 1. The Morgan fingerprint density at radius 3 is 1.82 bits per heavy atom. The minimum absolute atomic E-state index is 0.245. The van der Waals surface area contributed by atoms with Crippen molar-refractivity contribution in [1.82, 2.24) is 4.90 Å². The number of imide groups is 1. The Kier molecular flexibility index (Phi) is 5.67. The lowest BCUT2D eigenvalue weighted by molar-refractivity contribution is -0.159. The first-order valence-electron chi connectivity index (χ1n) is 12.9. The van der Waals surface area contributed by atoms with E-state index in [9.17, 15) is 19.2 Å². The lowest BCUT2D eigenvalue weighted by Gasteiger charge is -2.45. The molecule has 1 aliphatic heterocycles. The highest BCUT2D eigenvalue weighted by Gasteiger charge is 2.62. The van der Waals surface area contributed by atoms with Gasteiger partial charge >= 0.3 is 5.97 Å². The predicted octanol–water partition coefficient (Wildman–Crippen LogP) is 4.07. The highest BCUT2D eigenvalue weighted by Crippen LogP contribution is 2.61. The number of likely N-dealkylation sites (tertiary alicyclic amines) is 1. The highest BCUT2D eigenvalue weighted by molar-refractivity contribution is 6.10. The van der Waals surface area contributed by atoms with Crippen LogP contribution in [0.2, 0.25) is 0 Å². The number of anilines is 1. The van der Waals surface area contributed by atoms with E-state index in [4.69, 9.17) is 4.74 Å². The largest absolute Gasteiger partial charge is 0.454 e. The second-order valence-corrected chi connectivity index (χ2v) is 10.5. The molecule has 3 aliphatic carbocycles. The third-order valence-electron chi connectivity index (χ3n) is 8.21. The molecular formula is C31H28N2O5. The minimum atomic E-state index is -1.14. The Morgan fingerprint density at radius 1 is 0.842 bits per heavy atom. The number of hydrogen-bond acceptors (Lipinski definition) is 5. The zero-order valence-corrected chi connectivity index (χ0v) is 21.4. The van der Waals surface area contributed by atoms with Gasteiger partial charge in [-0.2, -0.15) is 0 Å². The van der Waals surface area contributed by atoms with Gasteiger partial charge in [-0.05, 0) is 54.7 Å². The number of amides is 3. The maximum atomic E-state index is 13.8. The van der Waals surface area contributed by atoms with Gasteiger partial charge in [-0.1, -0.05) is 66.2 Å². The highest BCUT2D eigenvalue weighted by atomic mass is 16.5. The normalized spacial score (nSPS) is 23.4. The molecular weight excluding hydrogens is 480 g/mol. The molecule has 1 heterocycles. The average molecular weight is 509 g/mol. The molecule has 0 unspecified atom stereocenters. The first-order valence-corrected chi connectivity index (χ1v) is 12.9. The van der Waals surface area contributed by atoms with Crippen molar-refractivity contribution in [2.75, 3.05) is 11.9 Å². The van der Waals surface area contributed by atoms with Gasteiger partial charge in [0.1, 0.15) is 6.04 Å². The number of carbonyl (C=O) groups excluding carboxylic acids is 4. The number of aryl methyl sites for hydroxylation is 2. The monoisotopic (exact) mass is 508 g/mol. The van der Waals surface area contributed by atoms with Crippen LogP contribution < -0.4 is 5.32 Å². The van der Waals surface area contributed by atoms with Crippen LogP contribution in [0, 0.1) is 25.7 Å². The van der Waals surface area contributed by atoms with E-state index in [0.717, 1.165) is 38.3 Å². The van der Waals surface area contributed by atoms with Gasteiger partial charge in [0.2, 0.25) is 11.8 Å². The predicted molar refractivity (Wildman–Crippen MR) is 140 cm³/mol. The number of esters is 1. The number of nitrogens with zero attached hydrogens (tertiary/aromatic N) is 1. The standard InChI is InChI=1S/C31H28N2O5/c1-16-12-13-23(17(2)14-16)32-24(34)15-38-31(37)18(3)33-29(35)27-25-19-8-4-5-9-20(19)26(28(27)30(33)36)22-11-7-6-10-21(22)25/h4-14,18,25-28H,15H2,1-3H3,(H,32,34)/t18-,25?,26?,27+,28+/m0/s1. The molecule has 0 aromatic heterocycles. The van der Waals surface area contributed by atoms with Crippen molar-refractivity contribution < 1.29 is 23.9 Å². The summed E-state index contributed by atoms with van der Waals surface area (Å²) >= 11 is 0. The van der Waals surface area contributed by atoms with Gasteiger partial charge in [0, 0.05) is 17.5 Å². The van der Waals surface area contributed by atoms with E-state index >= 15 is 0 Å². The Hall–Kier alpha value is -4.26. The van der Waals surface area contributed by atoms with Crippen molar-refractivity contribution in [3.05, 3.63) is 100 Å². The third-order valence-corrected chi connectivity index (χ3v) is 8.21. The topological polar surface area (TPSA) is 92.8 Å². The molecule has 7 nitrogen and oxygen atoms in total. The van der Waals surface area contributed by atoms with Crippen molar-refractivity contribution in [3.63, 3.8) is 0 Å². The fourth-order valence-corrected chi connectivity index (χ4v) is 6.58. The van der Waals surface area contributed by atoms with Gasteiger partial charge in [-0.15, -0.1) is 0 Å². The van der Waals surface area contributed by atoms with E-state index in [1.165, 1.54) is 6.92 Å². The molecule has 2 bridgehead atoms. The van der Waals surface area contributed by atoms with Gasteiger partial charge in [0.15, 0.2) is 6.61 Å². The van der Waals surface area contributed by atoms with Gasteiger partial charge in [0.05, 0.1) is 11.8 Å². The van der Waals surface area contributed by atoms with Crippen LogP contribution in [0.25, 0.3) is 0 Å². The lowest BCUT2D eigenvalue weighted by atomic mass is 9.55. The van der Waals surface area contributed by atoms with Gasteiger partial charge in [-0.3, -0.25) is 19.3 Å². The number of ether oxygens (including phenoxy) is 1. The molecule has 7 rings (SSSR count). The van der Waals surface area contributed by atoms with E-state index in [1.807, 2.05) is 74.5 Å². The summed E-state index contributed by atoms with van der Waals surface area (Å²) in [6.07, 6.45) is 0. The molecule has 4 aliphatic rings. The maximum absolute atomic E-state index is 13.8. The molecule has 1 saturated heterocycles. The molecule has 1 N–H and O–H groups in total. The van der Waals surface area contributed by atoms with Crippen molar-refractivity contribution in [1.29, 1.82) is 0 Å². The van der Waals surface area contributed by atoms with Crippen LogP contribution in [0.5, 0.6) is 0 Å². The summed E-state index contributed by atoms with van der Waals surface area (Å²) in [7, 11) is 0. The molecule has 0 spiro atoms. The van der Waals surface area contributed by atoms with Crippen molar-refractivity contribution in [2.24, 2.45) is 11.8 Å². The molecule has 3 aromatic rings. The molecule has 0 saturated carbocycles. The Labute approximate surface area is 220 Å². The Morgan fingerprint density at radius 2 is 1.34 bits per heavy atom. The molecule has 3 atom stereocenters. The van der Waals surface area contributed by atoms with Crippen molar-refractivity contribution in [3.8, 4) is 0 Å². The number of hydrogen-bond donors (Lipinski definition) is 1. The van der Waals surface area contributed by atoms with Crippen LogP contribution >= 0.6 is 0 Å². The first kappa shape index (κ1) is 24.1. The number of carbonyl (C=O) groups is 4. The molecule has 192 valence electrons. The van der Waals surface area contributed by atoms with E-state index in [1.54, 1.807) is 6.07 Å². The molecule has 0 radical (unpaired) electrons. The Bertz CT molecular complexity index is 1400. The lowest BCUT2D eigenvalue weighted by Crippen LogP contribution is -2.45. The average Bonchev–Trinajstić information content (AvgIpc) is 3.18. The van der Waals surface area contributed by atoms with Gasteiger partial charge in [0.25, 0.3) is 5.91 Å². The number of rotatable bonds is 5. The van der Waals surface area contributed by atoms with Crippen molar-refractivity contribution in [2.45, 2.75) is 38.6 Å². The second-order valence-electron chi connectivity index (χ2n) is 10.5. The summed E-state index contributed by atoms with van der Waals surface area (Å²) in [5.41, 5.74) is 6.87. The van der Waals surface area contributed by atoms with Crippen LogP contribution in [0.1, 0.15) is 52.1 Å². The van der Waals surface area contributed by atoms with Gasteiger partial charge in [-0.25, -0.2) is 4.79 Å². The maximum Gasteiger partial charge on any atom is 0.329 e. The number of benzene rings is 3. The zero-order chi connectivity index (χ0) is 26.7.